The molecule has 0 aromatic rings. The number of amides is 2. The van der Waals surface area contributed by atoms with Gasteiger partial charge in [-0.15, -0.1) is 0 Å². The lowest BCUT2D eigenvalue weighted by Crippen LogP contribution is -2.22. The van der Waals surface area contributed by atoms with Crippen molar-refractivity contribution in [1.82, 2.24) is 16.0 Å². The fourth-order valence-corrected chi connectivity index (χ4v) is 0.711. The van der Waals surface area contributed by atoms with Gasteiger partial charge in [0, 0.05) is 12.1 Å². The molecule has 5 nitrogen and oxygen atoms in total. The highest BCUT2D eigenvalue weighted by molar-refractivity contribution is 5.91. The molecular formula is C9H17N3O2. The van der Waals surface area contributed by atoms with Crippen molar-refractivity contribution in [2.24, 2.45) is 0 Å². The first kappa shape index (κ1) is 12.6. The zero-order valence-electron chi connectivity index (χ0n) is 8.64. The standard InChI is InChI=1S/C6H11NO.C3H6N2O/c1-4-7-6(8)5(2)3;6-3-1-4-2-5-3/h2,4H2,1,3H3,(H,7,8);4H,1-2H2,(H,5,6). The molecule has 1 fully saturated rings. The van der Waals surface area contributed by atoms with Gasteiger partial charge < -0.3 is 10.6 Å². The van der Waals surface area contributed by atoms with Crippen molar-refractivity contribution in [1.29, 1.82) is 0 Å². The molecule has 0 aliphatic carbocycles. The van der Waals surface area contributed by atoms with Gasteiger partial charge in [-0.3, -0.25) is 14.9 Å². The van der Waals surface area contributed by atoms with Crippen molar-refractivity contribution in [2.75, 3.05) is 19.8 Å². The first-order valence-electron chi connectivity index (χ1n) is 4.49. The largest absolute Gasteiger partial charge is 0.353 e. The molecule has 0 atom stereocenters. The van der Waals surface area contributed by atoms with Crippen molar-refractivity contribution in [2.45, 2.75) is 13.8 Å². The fraction of sp³-hybridized carbons (Fsp3) is 0.556. The van der Waals surface area contributed by atoms with Crippen LogP contribution in [0.25, 0.3) is 0 Å². The van der Waals surface area contributed by atoms with Gasteiger partial charge in [-0.05, 0) is 13.8 Å². The second-order valence-electron chi connectivity index (χ2n) is 2.84. The van der Waals surface area contributed by atoms with Gasteiger partial charge >= 0.3 is 0 Å². The molecule has 14 heavy (non-hydrogen) atoms. The number of hydrogen-bond acceptors (Lipinski definition) is 3. The van der Waals surface area contributed by atoms with Crippen LogP contribution in [0.1, 0.15) is 13.8 Å². The van der Waals surface area contributed by atoms with E-state index in [1.165, 1.54) is 0 Å². The fourth-order valence-electron chi connectivity index (χ4n) is 0.711. The average Bonchev–Trinajstić information content (AvgIpc) is 2.57. The number of carbonyl (C=O) groups is 2. The van der Waals surface area contributed by atoms with Crippen molar-refractivity contribution < 1.29 is 9.59 Å². The summed E-state index contributed by atoms with van der Waals surface area (Å²) in [5.74, 6) is 0.0301. The van der Waals surface area contributed by atoms with E-state index in [-0.39, 0.29) is 11.8 Å². The molecule has 1 heterocycles. The van der Waals surface area contributed by atoms with E-state index in [9.17, 15) is 9.59 Å². The van der Waals surface area contributed by atoms with Gasteiger partial charge in [0.1, 0.15) is 0 Å². The number of carbonyl (C=O) groups excluding carboxylic acids is 2. The Morgan fingerprint density at radius 1 is 1.64 bits per heavy atom. The maximum absolute atomic E-state index is 10.5. The lowest BCUT2D eigenvalue weighted by molar-refractivity contribution is -0.118. The molecule has 0 saturated carbocycles. The summed E-state index contributed by atoms with van der Waals surface area (Å²) in [5.41, 5.74) is 0.562. The Labute approximate surface area is 83.9 Å². The quantitative estimate of drug-likeness (QED) is 0.518. The second kappa shape index (κ2) is 7.08. The maximum atomic E-state index is 10.5. The Hall–Kier alpha value is -1.36. The molecule has 5 heteroatoms. The van der Waals surface area contributed by atoms with E-state index < -0.39 is 0 Å². The lowest BCUT2D eigenvalue weighted by Gasteiger charge is -1.97. The van der Waals surface area contributed by atoms with Gasteiger partial charge in [-0.25, -0.2) is 0 Å². The van der Waals surface area contributed by atoms with E-state index in [1.54, 1.807) is 6.92 Å². The third kappa shape index (κ3) is 6.19. The summed E-state index contributed by atoms with van der Waals surface area (Å²) in [6.45, 7) is 8.82. The van der Waals surface area contributed by atoms with Gasteiger partial charge in [0.05, 0.1) is 13.2 Å². The van der Waals surface area contributed by atoms with Crippen LogP contribution in [0.2, 0.25) is 0 Å². The van der Waals surface area contributed by atoms with Crippen LogP contribution in [0.4, 0.5) is 0 Å². The number of hydrogen-bond donors (Lipinski definition) is 3. The molecule has 0 spiro atoms. The van der Waals surface area contributed by atoms with Crippen LogP contribution in [0, 0.1) is 0 Å². The first-order chi connectivity index (χ1) is 6.57. The van der Waals surface area contributed by atoms with Gasteiger partial charge in [-0.2, -0.15) is 0 Å². The topological polar surface area (TPSA) is 70.2 Å². The number of nitrogens with one attached hydrogen (secondary N) is 3. The Kier molecular flexibility index (Phi) is 6.39. The summed E-state index contributed by atoms with van der Waals surface area (Å²) in [5, 5.41) is 7.99. The highest BCUT2D eigenvalue weighted by atomic mass is 16.2. The Morgan fingerprint density at radius 3 is 2.43 bits per heavy atom. The third-order valence-electron chi connectivity index (χ3n) is 1.42. The number of likely N-dealkylation sites (N-methyl/N-ethyl adjacent to an activating group) is 1. The van der Waals surface area contributed by atoms with E-state index in [0.717, 1.165) is 0 Å². The van der Waals surface area contributed by atoms with Crippen molar-refractivity contribution in [3.63, 3.8) is 0 Å². The van der Waals surface area contributed by atoms with E-state index in [1.807, 2.05) is 6.92 Å². The third-order valence-corrected chi connectivity index (χ3v) is 1.42. The van der Waals surface area contributed by atoms with Crippen LogP contribution in [-0.4, -0.2) is 31.6 Å². The monoisotopic (exact) mass is 199 g/mol. The smallest absolute Gasteiger partial charge is 0.246 e. The molecule has 1 saturated heterocycles. The summed E-state index contributed by atoms with van der Waals surface area (Å²) in [6.07, 6.45) is 0. The molecule has 1 rings (SSSR count). The normalized spacial score (nSPS) is 13.7. The van der Waals surface area contributed by atoms with Crippen molar-refractivity contribution in [3.8, 4) is 0 Å². The zero-order valence-corrected chi connectivity index (χ0v) is 8.64. The van der Waals surface area contributed by atoms with Gasteiger partial charge in [0.2, 0.25) is 11.8 Å². The zero-order chi connectivity index (χ0) is 11.0. The van der Waals surface area contributed by atoms with E-state index in [4.69, 9.17) is 0 Å². The van der Waals surface area contributed by atoms with Crippen LogP contribution in [0.15, 0.2) is 12.2 Å². The minimum atomic E-state index is -0.0625. The highest BCUT2D eigenvalue weighted by Gasteiger charge is 2.03. The highest BCUT2D eigenvalue weighted by Crippen LogP contribution is 1.82. The molecule has 0 aromatic heterocycles. The molecule has 0 bridgehead atoms. The molecule has 0 unspecified atom stereocenters. The summed E-state index contributed by atoms with van der Waals surface area (Å²) in [7, 11) is 0. The second-order valence-corrected chi connectivity index (χ2v) is 2.84. The summed E-state index contributed by atoms with van der Waals surface area (Å²) in [4.78, 5) is 20.6. The summed E-state index contributed by atoms with van der Waals surface area (Å²) >= 11 is 0. The molecule has 1 aliphatic heterocycles. The van der Waals surface area contributed by atoms with Gasteiger partial charge in [0.15, 0.2) is 0 Å². The number of rotatable bonds is 2. The summed E-state index contributed by atoms with van der Waals surface area (Å²) in [6, 6.07) is 0. The van der Waals surface area contributed by atoms with Crippen LogP contribution in [-0.2, 0) is 9.59 Å². The summed E-state index contributed by atoms with van der Waals surface area (Å²) < 4.78 is 0. The van der Waals surface area contributed by atoms with Crippen LogP contribution in [0.3, 0.4) is 0 Å². The van der Waals surface area contributed by atoms with Crippen molar-refractivity contribution >= 4 is 11.8 Å². The SMILES string of the molecule is C=C(C)C(=O)NCC.O=C1CNCN1. The van der Waals surface area contributed by atoms with Crippen molar-refractivity contribution in [3.05, 3.63) is 12.2 Å². The van der Waals surface area contributed by atoms with E-state index in [2.05, 4.69) is 22.5 Å². The predicted molar refractivity (Wildman–Crippen MR) is 54.5 cm³/mol. The molecule has 0 radical (unpaired) electrons. The van der Waals surface area contributed by atoms with Crippen LogP contribution < -0.4 is 16.0 Å². The Bertz CT molecular complexity index is 218. The Balaban J connectivity index is 0.000000249. The van der Waals surface area contributed by atoms with Crippen LogP contribution in [0.5, 0.6) is 0 Å². The van der Waals surface area contributed by atoms with Gasteiger partial charge in [0.25, 0.3) is 0 Å². The van der Waals surface area contributed by atoms with E-state index in [0.29, 0.717) is 25.3 Å². The predicted octanol–water partition coefficient (Wildman–Crippen LogP) is -0.638. The van der Waals surface area contributed by atoms with E-state index >= 15 is 0 Å². The minimum absolute atomic E-state index is 0.0625. The molecule has 0 aromatic carbocycles. The molecular weight excluding hydrogens is 182 g/mol. The van der Waals surface area contributed by atoms with Gasteiger partial charge in [-0.1, -0.05) is 6.58 Å². The Morgan fingerprint density at radius 2 is 2.29 bits per heavy atom. The molecule has 2 amide bonds. The lowest BCUT2D eigenvalue weighted by atomic mass is 10.3. The molecule has 3 N–H and O–H groups in total. The molecule has 1 aliphatic rings. The average molecular weight is 199 g/mol. The minimum Gasteiger partial charge on any atom is -0.353 e. The maximum Gasteiger partial charge on any atom is 0.246 e. The molecule has 80 valence electrons. The van der Waals surface area contributed by atoms with Crippen LogP contribution >= 0.6 is 0 Å². The first-order valence-corrected chi connectivity index (χ1v) is 4.49.